The summed E-state index contributed by atoms with van der Waals surface area (Å²) < 4.78 is 112. The van der Waals surface area contributed by atoms with Crippen LogP contribution < -0.4 is 0 Å². The Morgan fingerprint density at radius 1 is 0.462 bits per heavy atom. The van der Waals surface area contributed by atoms with Gasteiger partial charge in [0.2, 0.25) is 0 Å². The fraction of sp³-hybridized carbons (Fsp3) is 0.750. The number of allylic oxidation sites excluding steroid dienone is 6. The molecule has 6 rings (SSSR count). The van der Waals surface area contributed by atoms with Crippen LogP contribution in [0.3, 0.4) is 0 Å². The molecular formula is C36H45DyF9O6. The number of rotatable bonds is 3. The third kappa shape index (κ3) is 6.07. The van der Waals surface area contributed by atoms with E-state index in [1.54, 1.807) is 20.8 Å². The number of hydrogen-bond acceptors (Lipinski definition) is 6. The Kier molecular flexibility index (Phi) is 11.1. The smallest absolute Gasteiger partial charge is 0.454 e. The minimum atomic E-state index is -4.90. The topological polar surface area (TPSA) is 112 Å². The summed E-state index contributed by atoms with van der Waals surface area (Å²) >= 11 is 0. The van der Waals surface area contributed by atoms with Crippen molar-refractivity contribution in [3.63, 3.8) is 0 Å². The summed E-state index contributed by atoms with van der Waals surface area (Å²) in [6.45, 7) is 16.1. The average Bonchev–Trinajstić information content (AvgIpc) is 3.59. The molecular weight excluding hydrogens is 862 g/mol. The summed E-state index contributed by atoms with van der Waals surface area (Å²) in [6.07, 6.45) is -11.2. The number of carbonyl (C=O) groups is 3. The number of carbonyl (C=O) groups excluding carboxylic acids is 3. The van der Waals surface area contributed by atoms with Crippen LogP contribution in [0, 0.1) is 88.4 Å². The third-order valence-corrected chi connectivity index (χ3v) is 14.6. The molecule has 6 atom stereocenters. The first-order valence-electron chi connectivity index (χ1n) is 16.8. The van der Waals surface area contributed by atoms with E-state index in [1.807, 2.05) is 41.5 Å². The van der Waals surface area contributed by atoms with Gasteiger partial charge in [-0.1, -0.05) is 62.3 Å². The van der Waals surface area contributed by atoms with E-state index in [0.29, 0.717) is 38.5 Å². The van der Waals surface area contributed by atoms with Gasteiger partial charge in [0.1, 0.15) is 17.3 Å². The van der Waals surface area contributed by atoms with Crippen molar-refractivity contribution in [3.05, 3.63) is 34.0 Å². The standard InChI is InChI=1S/3C12H15F3O2.Dy/c3*1-10(2)6-4-5-11(10,3)8(16)7(6)9(17)12(13,14)15;/h3*6,16H,4-5H2,1-3H3;. The Bertz CT molecular complexity index is 1460. The van der Waals surface area contributed by atoms with E-state index in [1.165, 1.54) is 0 Å². The van der Waals surface area contributed by atoms with Gasteiger partial charge >= 0.3 is 18.5 Å². The minimum Gasteiger partial charge on any atom is -0.511 e. The van der Waals surface area contributed by atoms with Crippen LogP contribution in [0.15, 0.2) is 34.0 Å². The van der Waals surface area contributed by atoms with E-state index in [0.717, 1.165) is 0 Å². The first-order valence-corrected chi connectivity index (χ1v) is 16.8. The Balaban J connectivity index is 0.000000208. The van der Waals surface area contributed by atoms with Gasteiger partial charge in [0, 0.05) is 71.1 Å². The first kappa shape index (κ1) is 44.7. The molecule has 0 spiro atoms. The first-order chi connectivity index (χ1) is 22.6. The van der Waals surface area contributed by atoms with Crippen LogP contribution in [0.2, 0.25) is 0 Å². The minimum absolute atomic E-state index is 0. The Hall–Kier alpha value is -1.73. The molecule has 6 nitrogen and oxygen atoms in total. The summed E-state index contributed by atoms with van der Waals surface area (Å²) in [7, 11) is 0. The molecule has 0 aromatic carbocycles. The second-order valence-corrected chi connectivity index (χ2v) is 17.2. The van der Waals surface area contributed by atoms with Gasteiger partial charge in [-0.25, -0.2) is 0 Å². The molecule has 6 unspecified atom stereocenters. The Morgan fingerprint density at radius 2 is 0.635 bits per heavy atom. The molecule has 0 amide bonds. The van der Waals surface area contributed by atoms with Crippen molar-refractivity contribution in [2.75, 3.05) is 0 Å². The van der Waals surface area contributed by atoms with Crippen molar-refractivity contribution in [1.29, 1.82) is 0 Å². The van der Waals surface area contributed by atoms with Gasteiger partial charge in [-0.2, -0.15) is 39.5 Å². The monoisotopic (exact) mass is 908 g/mol. The van der Waals surface area contributed by atoms with Crippen molar-refractivity contribution in [2.24, 2.45) is 50.2 Å². The van der Waals surface area contributed by atoms with E-state index in [4.69, 9.17) is 0 Å². The van der Waals surface area contributed by atoms with Crippen LogP contribution >= 0.6 is 0 Å². The molecule has 3 saturated carbocycles. The maximum atomic E-state index is 12.5. The Morgan fingerprint density at radius 3 is 0.750 bits per heavy atom. The number of aliphatic hydroxyl groups is 3. The zero-order valence-electron chi connectivity index (χ0n) is 30.3. The average molecular weight is 907 g/mol. The number of hydrogen-bond donors (Lipinski definition) is 3. The van der Waals surface area contributed by atoms with Gasteiger partial charge in [0.05, 0.1) is 0 Å². The van der Waals surface area contributed by atoms with Crippen molar-refractivity contribution in [2.45, 2.75) is 119 Å². The van der Waals surface area contributed by atoms with Crippen LogP contribution in [-0.2, 0) is 14.4 Å². The molecule has 6 bridgehead atoms. The van der Waals surface area contributed by atoms with Crippen LogP contribution in [0.4, 0.5) is 39.5 Å². The number of fused-ring (bicyclic) bond motifs is 6. The van der Waals surface area contributed by atoms with Gasteiger partial charge < -0.3 is 15.3 Å². The van der Waals surface area contributed by atoms with Crippen molar-refractivity contribution in [3.8, 4) is 0 Å². The molecule has 16 heteroatoms. The van der Waals surface area contributed by atoms with Crippen LogP contribution in [0.5, 0.6) is 0 Å². The van der Waals surface area contributed by atoms with E-state index in [-0.39, 0.29) is 55.5 Å². The Labute approximate surface area is 326 Å². The van der Waals surface area contributed by atoms with E-state index >= 15 is 0 Å². The second kappa shape index (κ2) is 12.9. The van der Waals surface area contributed by atoms with Crippen molar-refractivity contribution in [1.82, 2.24) is 0 Å². The zero-order valence-corrected chi connectivity index (χ0v) is 32.3. The van der Waals surface area contributed by atoms with Gasteiger partial charge in [-0.3, -0.25) is 14.4 Å². The molecule has 3 N–H and O–H groups in total. The van der Waals surface area contributed by atoms with Gasteiger partial charge in [-0.05, 0) is 72.5 Å². The number of Topliss-reactive ketones (excluding diaryl/α,β-unsaturated/α-hetero) is 3. The predicted molar refractivity (Wildman–Crippen MR) is 166 cm³/mol. The molecule has 0 radical (unpaired) electrons. The van der Waals surface area contributed by atoms with Crippen molar-refractivity contribution >= 4 is 17.3 Å². The predicted octanol–water partition coefficient (Wildman–Crippen LogP) is 10.2. The molecule has 0 aromatic heterocycles. The summed E-state index contributed by atoms with van der Waals surface area (Å²) in [6, 6.07) is 0. The molecule has 6 aliphatic carbocycles. The zero-order chi connectivity index (χ0) is 39.7. The molecule has 0 aromatic rings. The summed E-state index contributed by atoms with van der Waals surface area (Å²) in [5.41, 5.74) is -4.80. The summed E-state index contributed by atoms with van der Waals surface area (Å²) in [4.78, 5) is 34.1. The molecule has 6 aliphatic rings. The third-order valence-electron chi connectivity index (χ3n) is 14.6. The molecule has 52 heavy (non-hydrogen) atoms. The van der Waals surface area contributed by atoms with Gasteiger partial charge in [0.25, 0.3) is 17.3 Å². The van der Waals surface area contributed by atoms with Gasteiger partial charge in [-0.15, -0.1) is 0 Å². The normalized spacial score (nSPS) is 34.8. The molecule has 298 valence electrons. The number of alkyl halides is 9. The van der Waals surface area contributed by atoms with Crippen molar-refractivity contribution < 1.29 is 107 Å². The van der Waals surface area contributed by atoms with Crippen LogP contribution in [0.25, 0.3) is 0 Å². The number of ketones is 3. The summed E-state index contributed by atoms with van der Waals surface area (Å²) in [5.74, 6) is -8.13. The largest absolute Gasteiger partial charge is 0.511 e. The summed E-state index contributed by atoms with van der Waals surface area (Å²) in [5, 5.41) is 29.9. The van der Waals surface area contributed by atoms with E-state index in [9.17, 15) is 69.2 Å². The maximum absolute atomic E-state index is 12.5. The van der Waals surface area contributed by atoms with Crippen LogP contribution in [-0.4, -0.2) is 51.2 Å². The number of aliphatic hydroxyl groups excluding tert-OH is 3. The molecule has 0 aliphatic heterocycles. The van der Waals surface area contributed by atoms with Crippen LogP contribution in [0.1, 0.15) is 101 Å². The van der Waals surface area contributed by atoms with Gasteiger partial charge in [0.15, 0.2) is 0 Å². The fourth-order valence-corrected chi connectivity index (χ4v) is 9.93. The van der Waals surface area contributed by atoms with E-state index < -0.39 is 103 Å². The number of halogens is 9. The second-order valence-electron chi connectivity index (χ2n) is 17.2. The quantitative estimate of drug-likeness (QED) is 0.243. The fourth-order valence-electron chi connectivity index (χ4n) is 9.93. The molecule has 0 saturated heterocycles. The maximum Gasteiger partial charge on any atom is 0.454 e. The molecule has 0 heterocycles. The SMILES string of the molecule is CC12CCC(C(C(=O)C(F)(F)F)=C1O)C2(C)C.CC12CCC(C(C(=O)C(F)(F)F)=C1O)C2(C)C.CC12CCC(C(C(=O)C(F)(F)F)=C1O)C2(C)C.[Dy]. The van der Waals surface area contributed by atoms with E-state index in [2.05, 4.69) is 0 Å². The molecule has 3 fully saturated rings.